The Morgan fingerprint density at radius 1 is 1.00 bits per heavy atom. The van der Waals surface area contributed by atoms with Crippen LogP contribution in [0.3, 0.4) is 0 Å². The average Bonchev–Trinajstić information content (AvgIpc) is 2.73. The van der Waals surface area contributed by atoms with Crippen molar-refractivity contribution in [1.82, 2.24) is 10.3 Å². The van der Waals surface area contributed by atoms with E-state index in [1.165, 1.54) is 30.4 Å². The lowest BCUT2D eigenvalue weighted by molar-refractivity contribution is 0.0911. The number of hydrogen-bond donors (Lipinski definition) is 1. The summed E-state index contributed by atoms with van der Waals surface area (Å²) in [5.41, 5.74) is 6.34. The molecule has 2 atom stereocenters. The Morgan fingerprint density at radius 3 is 2.68 bits per heavy atom. The number of para-hydroxylation sites is 1. The van der Waals surface area contributed by atoms with Gasteiger partial charge in [-0.3, -0.25) is 4.79 Å². The number of nitrogens with zero attached hydrogens (tertiary/aromatic N) is 1. The molecule has 2 unspecified atom stereocenters. The number of hydrogen-bond acceptors (Lipinski definition) is 2. The van der Waals surface area contributed by atoms with Crippen molar-refractivity contribution in [2.45, 2.75) is 51.5 Å². The number of aromatic nitrogens is 1. The number of fused-ring (bicyclic) bond motifs is 4. The molecule has 0 bridgehead atoms. The molecule has 2 aromatic carbocycles. The number of aryl methyl sites for hydroxylation is 1. The van der Waals surface area contributed by atoms with Crippen molar-refractivity contribution < 1.29 is 4.79 Å². The van der Waals surface area contributed by atoms with E-state index in [0.717, 1.165) is 47.0 Å². The van der Waals surface area contributed by atoms with E-state index in [9.17, 15) is 4.79 Å². The van der Waals surface area contributed by atoms with Gasteiger partial charge in [-0.1, -0.05) is 62.2 Å². The fourth-order valence-corrected chi connectivity index (χ4v) is 4.98. The van der Waals surface area contributed by atoms with Crippen LogP contribution >= 0.6 is 0 Å². The summed E-state index contributed by atoms with van der Waals surface area (Å²) in [5.74, 6) is 0.621. The first kappa shape index (κ1) is 17.4. The lowest BCUT2D eigenvalue weighted by atomic mass is 9.83. The third-order valence-corrected chi connectivity index (χ3v) is 6.57. The number of benzene rings is 2. The first-order valence-electron chi connectivity index (χ1n) is 10.5. The Balaban J connectivity index is 1.65. The lowest BCUT2D eigenvalue weighted by Crippen LogP contribution is -2.41. The molecule has 3 nitrogen and oxygen atoms in total. The highest BCUT2D eigenvalue weighted by molar-refractivity contribution is 6.09. The first-order chi connectivity index (χ1) is 13.7. The maximum Gasteiger partial charge on any atom is 0.252 e. The monoisotopic (exact) mass is 370 g/mol. The molecule has 1 fully saturated rings. The molecule has 1 saturated carbocycles. The summed E-state index contributed by atoms with van der Waals surface area (Å²) < 4.78 is 0. The van der Waals surface area contributed by atoms with Gasteiger partial charge in [-0.25, -0.2) is 4.98 Å². The highest BCUT2D eigenvalue weighted by Gasteiger charge is 2.28. The van der Waals surface area contributed by atoms with Crippen LogP contribution in [-0.2, 0) is 12.8 Å². The van der Waals surface area contributed by atoms with Gasteiger partial charge in [-0.2, -0.15) is 0 Å². The second kappa shape index (κ2) is 7.05. The normalized spacial score (nSPS) is 21.0. The summed E-state index contributed by atoms with van der Waals surface area (Å²) in [5, 5.41) is 4.36. The van der Waals surface area contributed by atoms with Crippen molar-refractivity contribution >= 4 is 16.8 Å². The van der Waals surface area contributed by atoms with E-state index >= 15 is 0 Å². The molecule has 0 saturated heterocycles. The van der Waals surface area contributed by atoms with E-state index in [1.807, 2.05) is 24.3 Å². The second-order valence-electron chi connectivity index (χ2n) is 8.33. The summed E-state index contributed by atoms with van der Waals surface area (Å²) in [6, 6.07) is 16.8. The van der Waals surface area contributed by atoms with Crippen LogP contribution in [0, 0.1) is 5.92 Å². The standard InChI is InChI=1S/C25H26N2O/c1-16-8-2-6-12-21(16)27-25(28)23-19-11-5-7-13-22(19)26-24-18-10-4-3-9-17(18)14-15-20(23)24/h3-5,7,9-11,13,16,21H,2,6,8,12,14-15H2,1H3,(H,27,28). The van der Waals surface area contributed by atoms with Gasteiger partial charge in [-0.05, 0) is 48.8 Å². The van der Waals surface area contributed by atoms with Crippen LogP contribution in [0.25, 0.3) is 22.2 Å². The number of pyridine rings is 1. The van der Waals surface area contributed by atoms with E-state index in [-0.39, 0.29) is 11.9 Å². The molecule has 3 aromatic rings. The van der Waals surface area contributed by atoms with E-state index < -0.39 is 0 Å². The Hall–Kier alpha value is -2.68. The fraction of sp³-hybridized carbons (Fsp3) is 0.360. The summed E-state index contributed by atoms with van der Waals surface area (Å²) in [4.78, 5) is 18.5. The summed E-state index contributed by atoms with van der Waals surface area (Å²) >= 11 is 0. The van der Waals surface area contributed by atoms with Gasteiger partial charge in [0.25, 0.3) is 5.91 Å². The minimum atomic E-state index is 0.0768. The molecule has 142 valence electrons. The molecule has 3 heteroatoms. The largest absolute Gasteiger partial charge is 0.349 e. The van der Waals surface area contributed by atoms with Crippen LogP contribution in [0.2, 0.25) is 0 Å². The van der Waals surface area contributed by atoms with Crippen molar-refractivity contribution in [3.63, 3.8) is 0 Å². The SMILES string of the molecule is CC1CCCCC1NC(=O)c1c2c(nc3ccccc13)-c1ccccc1CC2. The van der Waals surface area contributed by atoms with Gasteiger partial charge in [-0.15, -0.1) is 0 Å². The van der Waals surface area contributed by atoms with Crippen LogP contribution in [0.15, 0.2) is 48.5 Å². The highest BCUT2D eigenvalue weighted by Crippen LogP contribution is 2.37. The van der Waals surface area contributed by atoms with Crippen LogP contribution in [0.4, 0.5) is 0 Å². The topological polar surface area (TPSA) is 42.0 Å². The Bertz CT molecular complexity index is 1060. The molecule has 2 aliphatic rings. The summed E-state index contributed by atoms with van der Waals surface area (Å²) in [7, 11) is 0. The Morgan fingerprint density at radius 2 is 1.79 bits per heavy atom. The quantitative estimate of drug-likeness (QED) is 0.664. The van der Waals surface area contributed by atoms with Crippen molar-refractivity contribution in [2.75, 3.05) is 0 Å². The molecule has 5 rings (SSSR count). The smallest absolute Gasteiger partial charge is 0.252 e. The fourth-order valence-electron chi connectivity index (χ4n) is 4.98. The predicted molar refractivity (Wildman–Crippen MR) is 113 cm³/mol. The van der Waals surface area contributed by atoms with Crippen molar-refractivity contribution in [3.05, 3.63) is 65.2 Å². The lowest BCUT2D eigenvalue weighted by Gasteiger charge is -2.30. The molecule has 28 heavy (non-hydrogen) atoms. The van der Waals surface area contributed by atoms with Crippen LogP contribution < -0.4 is 5.32 Å². The molecule has 1 heterocycles. The van der Waals surface area contributed by atoms with E-state index in [2.05, 4.69) is 36.5 Å². The number of nitrogens with one attached hydrogen (secondary N) is 1. The molecular formula is C25H26N2O. The molecular weight excluding hydrogens is 344 g/mol. The van der Waals surface area contributed by atoms with Crippen molar-refractivity contribution in [3.8, 4) is 11.3 Å². The maximum absolute atomic E-state index is 13.5. The van der Waals surface area contributed by atoms with Gasteiger partial charge in [0.1, 0.15) is 0 Å². The van der Waals surface area contributed by atoms with Gasteiger partial charge in [0.15, 0.2) is 0 Å². The van der Waals surface area contributed by atoms with Crippen LogP contribution in [0.5, 0.6) is 0 Å². The number of amides is 1. The first-order valence-corrected chi connectivity index (χ1v) is 10.5. The third kappa shape index (κ3) is 2.90. The molecule has 0 spiro atoms. The summed E-state index contributed by atoms with van der Waals surface area (Å²) in [6.07, 6.45) is 6.60. The Labute approximate surface area is 166 Å². The average molecular weight is 370 g/mol. The van der Waals surface area contributed by atoms with Gasteiger partial charge in [0.2, 0.25) is 0 Å². The molecule has 0 radical (unpaired) electrons. The molecule has 0 aliphatic heterocycles. The second-order valence-corrected chi connectivity index (χ2v) is 8.33. The van der Waals surface area contributed by atoms with E-state index in [4.69, 9.17) is 4.98 Å². The molecule has 1 N–H and O–H groups in total. The van der Waals surface area contributed by atoms with Gasteiger partial charge in [0.05, 0.1) is 16.8 Å². The van der Waals surface area contributed by atoms with Crippen LogP contribution in [-0.4, -0.2) is 16.9 Å². The molecule has 2 aliphatic carbocycles. The van der Waals surface area contributed by atoms with Gasteiger partial charge in [0, 0.05) is 17.0 Å². The zero-order valence-corrected chi connectivity index (χ0v) is 16.4. The predicted octanol–water partition coefficient (Wildman–Crippen LogP) is 5.31. The van der Waals surface area contributed by atoms with Crippen molar-refractivity contribution in [2.24, 2.45) is 5.92 Å². The minimum absolute atomic E-state index is 0.0768. The van der Waals surface area contributed by atoms with Crippen LogP contribution in [0.1, 0.15) is 54.1 Å². The number of rotatable bonds is 2. The van der Waals surface area contributed by atoms with E-state index in [1.54, 1.807) is 0 Å². The zero-order chi connectivity index (χ0) is 19.1. The third-order valence-electron chi connectivity index (χ3n) is 6.57. The molecule has 1 aromatic heterocycles. The maximum atomic E-state index is 13.5. The summed E-state index contributed by atoms with van der Waals surface area (Å²) in [6.45, 7) is 2.26. The Kier molecular flexibility index (Phi) is 4.38. The highest BCUT2D eigenvalue weighted by atomic mass is 16.1. The number of carbonyl (C=O) groups is 1. The number of carbonyl (C=O) groups excluding carboxylic acids is 1. The zero-order valence-electron chi connectivity index (χ0n) is 16.4. The van der Waals surface area contributed by atoms with E-state index in [0.29, 0.717) is 5.92 Å². The van der Waals surface area contributed by atoms with Crippen molar-refractivity contribution in [1.29, 1.82) is 0 Å². The molecule has 1 amide bonds. The van der Waals surface area contributed by atoms with Gasteiger partial charge < -0.3 is 5.32 Å². The minimum Gasteiger partial charge on any atom is -0.349 e. The van der Waals surface area contributed by atoms with Gasteiger partial charge >= 0.3 is 0 Å².